The molecule has 0 bridgehead atoms. The van der Waals surface area contributed by atoms with Gasteiger partial charge in [-0.15, -0.1) is 0 Å². The summed E-state index contributed by atoms with van der Waals surface area (Å²) in [7, 11) is -3.87. The van der Waals surface area contributed by atoms with Crippen molar-refractivity contribution >= 4 is 10.0 Å². The van der Waals surface area contributed by atoms with E-state index in [4.69, 9.17) is 20.3 Å². The Morgan fingerprint density at radius 3 is 2.30 bits per heavy atom. The average molecular weight is 336 g/mol. The van der Waals surface area contributed by atoms with Gasteiger partial charge in [-0.25, -0.2) is 13.6 Å². The van der Waals surface area contributed by atoms with Crippen LogP contribution in [-0.4, -0.2) is 28.2 Å². The summed E-state index contributed by atoms with van der Waals surface area (Å²) in [6.45, 7) is 0.918. The van der Waals surface area contributed by atoms with Gasteiger partial charge in [0.1, 0.15) is 29.6 Å². The standard InChI is InChI=1S/C16H20N2O4S/c17-9-8-13-6-7-15(16(12-13)23(18,19)20)22-11-10-21-14-4-2-1-3-5-14/h1-7,12H,8-11,17H2,(H2,18,19,20). The predicted molar refractivity (Wildman–Crippen MR) is 88.0 cm³/mol. The summed E-state index contributed by atoms with van der Waals surface area (Å²) in [5, 5.41) is 5.25. The van der Waals surface area contributed by atoms with Crippen LogP contribution in [0.3, 0.4) is 0 Å². The Morgan fingerprint density at radius 2 is 1.65 bits per heavy atom. The Kier molecular flexibility index (Phi) is 5.97. The normalized spacial score (nSPS) is 11.2. The van der Waals surface area contributed by atoms with Gasteiger partial charge in [-0.1, -0.05) is 24.3 Å². The Labute approximate surface area is 136 Å². The van der Waals surface area contributed by atoms with Crippen LogP contribution in [0.25, 0.3) is 0 Å². The van der Waals surface area contributed by atoms with Gasteiger partial charge < -0.3 is 15.2 Å². The minimum absolute atomic E-state index is 0.0387. The molecule has 6 nitrogen and oxygen atoms in total. The molecule has 0 heterocycles. The molecule has 0 spiro atoms. The van der Waals surface area contributed by atoms with Gasteiger partial charge in [0.25, 0.3) is 0 Å². The number of primary sulfonamides is 1. The smallest absolute Gasteiger partial charge is 0.241 e. The molecule has 0 aromatic heterocycles. The van der Waals surface area contributed by atoms with E-state index in [-0.39, 0.29) is 17.3 Å². The first-order chi connectivity index (χ1) is 11.0. The zero-order valence-electron chi connectivity index (χ0n) is 12.6. The fourth-order valence-electron chi connectivity index (χ4n) is 2.04. The zero-order chi connectivity index (χ0) is 16.7. The van der Waals surface area contributed by atoms with Gasteiger partial charge in [-0.3, -0.25) is 0 Å². The predicted octanol–water partition coefficient (Wildman–Crippen LogP) is 1.29. The van der Waals surface area contributed by atoms with Crippen LogP contribution in [0.15, 0.2) is 53.4 Å². The van der Waals surface area contributed by atoms with E-state index in [1.54, 1.807) is 12.1 Å². The van der Waals surface area contributed by atoms with Crippen molar-refractivity contribution in [3.8, 4) is 11.5 Å². The third-order valence-corrected chi connectivity index (χ3v) is 4.03. The molecule has 0 fully saturated rings. The highest BCUT2D eigenvalue weighted by Crippen LogP contribution is 2.24. The number of nitrogens with two attached hydrogens (primary N) is 2. The first-order valence-electron chi connectivity index (χ1n) is 7.17. The Hall–Kier alpha value is -2.09. The number of hydrogen-bond acceptors (Lipinski definition) is 5. The third kappa shape index (κ3) is 5.24. The summed E-state index contributed by atoms with van der Waals surface area (Å²) in [4.78, 5) is -0.0387. The minimum Gasteiger partial charge on any atom is -0.490 e. The maximum absolute atomic E-state index is 11.7. The molecule has 0 atom stereocenters. The van der Waals surface area contributed by atoms with Crippen LogP contribution in [0.1, 0.15) is 5.56 Å². The van der Waals surface area contributed by atoms with Crippen molar-refractivity contribution in [2.75, 3.05) is 19.8 Å². The van der Waals surface area contributed by atoms with E-state index in [2.05, 4.69) is 0 Å². The van der Waals surface area contributed by atoms with Crippen LogP contribution in [0, 0.1) is 0 Å². The molecule has 0 aliphatic rings. The van der Waals surface area contributed by atoms with Gasteiger partial charge in [-0.2, -0.15) is 0 Å². The molecule has 0 aliphatic carbocycles. The summed E-state index contributed by atoms with van der Waals surface area (Å²) in [6, 6.07) is 14.1. The monoisotopic (exact) mass is 336 g/mol. The van der Waals surface area contributed by atoms with Gasteiger partial charge in [-0.05, 0) is 42.8 Å². The van der Waals surface area contributed by atoms with Gasteiger partial charge in [0.2, 0.25) is 10.0 Å². The molecule has 0 aliphatic heterocycles. The molecule has 0 amide bonds. The fourth-order valence-corrected chi connectivity index (χ4v) is 2.77. The lowest BCUT2D eigenvalue weighted by Gasteiger charge is -2.12. The van der Waals surface area contributed by atoms with Gasteiger partial charge in [0, 0.05) is 0 Å². The number of benzene rings is 2. The van der Waals surface area contributed by atoms with Gasteiger partial charge in [0.15, 0.2) is 0 Å². The highest BCUT2D eigenvalue weighted by Gasteiger charge is 2.16. The van der Waals surface area contributed by atoms with Crippen LogP contribution >= 0.6 is 0 Å². The van der Waals surface area contributed by atoms with Crippen molar-refractivity contribution in [1.82, 2.24) is 0 Å². The zero-order valence-corrected chi connectivity index (χ0v) is 13.5. The second-order valence-corrected chi connectivity index (χ2v) is 6.40. The second kappa shape index (κ2) is 7.96. The Bertz CT molecular complexity index is 733. The minimum atomic E-state index is -3.87. The van der Waals surface area contributed by atoms with E-state index in [0.29, 0.717) is 19.6 Å². The summed E-state index contributed by atoms with van der Waals surface area (Å²) in [5.74, 6) is 0.936. The molecule has 0 saturated heterocycles. The second-order valence-electron chi connectivity index (χ2n) is 4.87. The van der Waals surface area contributed by atoms with Crippen LogP contribution in [0.5, 0.6) is 11.5 Å². The molecule has 2 aromatic rings. The van der Waals surface area contributed by atoms with Crippen molar-refractivity contribution in [2.24, 2.45) is 10.9 Å². The quantitative estimate of drug-likeness (QED) is 0.707. The average Bonchev–Trinajstić information content (AvgIpc) is 2.53. The molecule has 7 heteroatoms. The molecule has 2 rings (SSSR count). The fraction of sp³-hybridized carbons (Fsp3) is 0.250. The lowest BCUT2D eigenvalue weighted by Crippen LogP contribution is -2.16. The topological polar surface area (TPSA) is 105 Å². The molecular formula is C16H20N2O4S. The molecule has 2 aromatic carbocycles. The number of ether oxygens (including phenoxy) is 2. The van der Waals surface area contributed by atoms with E-state index in [1.807, 2.05) is 30.3 Å². The van der Waals surface area contributed by atoms with Gasteiger partial charge >= 0.3 is 0 Å². The van der Waals surface area contributed by atoms with Gasteiger partial charge in [0.05, 0.1) is 0 Å². The summed E-state index contributed by atoms with van der Waals surface area (Å²) in [6.07, 6.45) is 0.569. The van der Waals surface area contributed by atoms with Crippen molar-refractivity contribution < 1.29 is 17.9 Å². The van der Waals surface area contributed by atoms with Crippen molar-refractivity contribution in [1.29, 1.82) is 0 Å². The first-order valence-corrected chi connectivity index (χ1v) is 8.72. The Balaban J connectivity index is 2.01. The SMILES string of the molecule is NCCc1ccc(OCCOc2ccccc2)c(S(N)(=O)=O)c1. The molecule has 23 heavy (non-hydrogen) atoms. The summed E-state index contributed by atoms with van der Waals surface area (Å²) >= 11 is 0. The van der Waals surface area contributed by atoms with Crippen LogP contribution in [0.4, 0.5) is 0 Å². The molecule has 0 unspecified atom stereocenters. The third-order valence-electron chi connectivity index (χ3n) is 3.10. The highest BCUT2D eigenvalue weighted by molar-refractivity contribution is 7.89. The number of sulfonamides is 1. The van der Waals surface area contributed by atoms with E-state index < -0.39 is 10.0 Å². The van der Waals surface area contributed by atoms with Crippen LogP contribution < -0.4 is 20.3 Å². The van der Waals surface area contributed by atoms with Crippen molar-refractivity contribution in [3.05, 3.63) is 54.1 Å². The van der Waals surface area contributed by atoms with E-state index in [0.717, 1.165) is 11.3 Å². The van der Waals surface area contributed by atoms with Crippen molar-refractivity contribution in [2.45, 2.75) is 11.3 Å². The van der Waals surface area contributed by atoms with Crippen LogP contribution in [0.2, 0.25) is 0 Å². The molecular weight excluding hydrogens is 316 g/mol. The number of hydrogen-bond donors (Lipinski definition) is 2. The van der Waals surface area contributed by atoms with E-state index >= 15 is 0 Å². The molecule has 0 radical (unpaired) electrons. The van der Waals surface area contributed by atoms with E-state index in [1.165, 1.54) is 6.07 Å². The van der Waals surface area contributed by atoms with Crippen LogP contribution in [-0.2, 0) is 16.4 Å². The highest BCUT2D eigenvalue weighted by atomic mass is 32.2. The number of rotatable bonds is 8. The molecule has 4 N–H and O–H groups in total. The lowest BCUT2D eigenvalue weighted by molar-refractivity contribution is 0.213. The number of para-hydroxylation sites is 1. The summed E-state index contributed by atoms with van der Waals surface area (Å²) < 4.78 is 34.4. The Morgan fingerprint density at radius 1 is 0.957 bits per heavy atom. The van der Waals surface area contributed by atoms with Crippen molar-refractivity contribution in [3.63, 3.8) is 0 Å². The molecule has 124 valence electrons. The summed E-state index contributed by atoms with van der Waals surface area (Å²) in [5.41, 5.74) is 6.28. The first kappa shape index (κ1) is 17.3. The largest absolute Gasteiger partial charge is 0.490 e. The maximum atomic E-state index is 11.7. The maximum Gasteiger partial charge on any atom is 0.241 e. The molecule has 0 saturated carbocycles. The lowest BCUT2D eigenvalue weighted by atomic mass is 10.1. The van der Waals surface area contributed by atoms with E-state index in [9.17, 15) is 8.42 Å².